The van der Waals surface area contributed by atoms with Crippen molar-refractivity contribution in [2.75, 3.05) is 13.7 Å². The molecule has 0 aliphatic carbocycles. The summed E-state index contributed by atoms with van der Waals surface area (Å²) in [4.78, 5) is 37.4. The van der Waals surface area contributed by atoms with E-state index < -0.39 is 17.6 Å². The minimum absolute atomic E-state index is 0.309. The second-order valence-corrected chi connectivity index (χ2v) is 3.72. The third-order valence-corrected chi connectivity index (χ3v) is 2.12. The summed E-state index contributed by atoms with van der Waals surface area (Å²) in [5.41, 5.74) is 4.42. The molecule has 9 nitrogen and oxygen atoms in total. The van der Waals surface area contributed by atoms with Crippen LogP contribution in [0.4, 0.5) is 4.79 Å². The highest BCUT2D eigenvalue weighted by Gasteiger charge is 2.14. The van der Waals surface area contributed by atoms with Crippen molar-refractivity contribution in [2.45, 2.75) is 25.7 Å². The first-order valence-corrected chi connectivity index (χ1v) is 5.90. The van der Waals surface area contributed by atoms with Crippen LogP contribution in [0.2, 0.25) is 0 Å². The Balaban J connectivity index is 3.84. The first kappa shape index (κ1) is 17.4. The zero-order chi connectivity index (χ0) is 15.4. The van der Waals surface area contributed by atoms with E-state index in [9.17, 15) is 14.4 Å². The molecular weight excluding hydrogens is 266 g/mol. The van der Waals surface area contributed by atoms with Crippen LogP contribution in [0.25, 0.3) is 0 Å². The number of nitrogens with one attached hydrogen (secondary N) is 2. The summed E-state index contributed by atoms with van der Waals surface area (Å²) in [6, 6.07) is 0.759. The lowest BCUT2D eigenvalue weighted by molar-refractivity contribution is -0.118. The molecule has 0 atom stereocenters. The lowest BCUT2D eigenvalue weighted by Gasteiger charge is -2.05. The predicted octanol–water partition coefficient (Wildman–Crippen LogP) is -0.616. The Kier molecular flexibility index (Phi) is 8.95. The minimum atomic E-state index is -0.944. The quantitative estimate of drug-likeness (QED) is 0.308. The predicted molar refractivity (Wildman–Crippen MR) is 69.3 cm³/mol. The van der Waals surface area contributed by atoms with Crippen molar-refractivity contribution < 1.29 is 19.2 Å². The maximum absolute atomic E-state index is 11.3. The van der Waals surface area contributed by atoms with Crippen LogP contribution in [0.5, 0.6) is 0 Å². The molecule has 0 heterocycles. The van der Waals surface area contributed by atoms with Gasteiger partial charge >= 0.3 is 6.03 Å². The molecule has 0 aromatic carbocycles. The van der Waals surface area contributed by atoms with Crippen molar-refractivity contribution in [1.29, 1.82) is 5.26 Å². The van der Waals surface area contributed by atoms with Crippen LogP contribution < -0.4 is 16.4 Å². The second-order valence-electron chi connectivity index (χ2n) is 3.72. The van der Waals surface area contributed by atoms with Gasteiger partial charge in [0.05, 0.1) is 0 Å². The molecule has 0 unspecified atom stereocenters. The van der Waals surface area contributed by atoms with E-state index in [0.29, 0.717) is 25.8 Å². The van der Waals surface area contributed by atoms with Crippen molar-refractivity contribution >= 4 is 23.6 Å². The van der Waals surface area contributed by atoms with Gasteiger partial charge in [-0.25, -0.2) is 4.79 Å². The van der Waals surface area contributed by atoms with Crippen LogP contribution in [-0.4, -0.2) is 37.2 Å². The van der Waals surface area contributed by atoms with Gasteiger partial charge in [-0.2, -0.15) is 5.26 Å². The Labute approximate surface area is 116 Å². The van der Waals surface area contributed by atoms with Crippen LogP contribution in [-0.2, 0) is 14.4 Å². The lowest BCUT2D eigenvalue weighted by atomic mass is 10.2. The van der Waals surface area contributed by atoms with Gasteiger partial charge in [-0.15, -0.1) is 0 Å². The lowest BCUT2D eigenvalue weighted by Crippen LogP contribution is -2.42. The van der Waals surface area contributed by atoms with Crippen molar-refractivity contribution in [3.63, 3.8) is 0 Å². The fourth-order valence-electron chi connectivity index (χ4n) is 1.21. The molecule has 0 saturated carbocycles. The van der Waals surface area contributed by atoms with Gasteiger partial charge in [0, 0.05) is 13.0 Å². The smallest absolute Gasteiger partial charge is 0.321 e. The molecule has 0 fully saturated rings. The number of nitriles is 1. The van der Waals surface area contributed by atoms with Gasteiger partial charge in [-0.05, 0) is 12.8 Å². The number of nitrogens with zero attached hydrogens (tertiary/aromatic N) is 2. The third kappa shape index (κ3) is 8.46. The molecule has 0 aromatic heterocycles. The highest BCUT2D eigenvalue weighted by atomic mass is 16.6. The topological polar surface area (TPSA) is 147 Å². The van der Waals surface area contributed by atoms with Gasteiger partial charge in [-0.3, -0.25) is 14.9 Å². The second kappa shape index (κ2) is 10.3. The number of oxime groups is 1. The molecule has 110 valence electrons. The van der Waals surface area contributed by atoms with Crippen molar-refractivity contribution in [1.82, 2.24) is 10.6 Å². The summed E-state index contributed by atoms with van der Waals surface area (Å²) in [6.45, 7) is 0.335. The first-order chi connectivity index (χ1) is 9.51. The molecular formula is C11H17N5O4. The standard InChI is InChI=1S/C11H17N5O4/c1-20-16-8(7-12)10(18)15-11(19)14-6-4-2-3-5-9(13)17/h2-6H2,1H3,(H2,13,17)(H2,14,15,18,19). The Hall–Kier alpha value is -2.63. The van der Waals surface area contributed by atoms with E-state index in [1.807, 2.05) is 5.32 Å². The fourth-order valence-corrected chi connectivity index (χ4v) is 1.21. The van der Waals surface area contributed by atoms with E-state index in [4.69, 9.17) is 11.0 Å². The minimum Gasteiger partial charge on any atom is -0.398 e. The van der Waals surface area contributed by atoms with Crippen LogP contribution in [0.3, 0.4) is 0 Å². The van der Waals surface area contributed by atoms with Crippen molar-refractivity contribution in [3.8, 4) is 6.07 Å². The molecule has 4 amide bonds. The van der Waals surface area contributed by atoms with Crippen LogP contribution in [0, 0.1) is 11.3 Å². The number of nitrogens with two attached hydrogens (primary N) is 1. The maximum Gasteiger partial charge on any atom is 0.321 e. The number of amides is 4. The van der Waals surface area contributed by atoms with Gasteiger partial charge in [0.2, 0.25) is 11.6 Å². The molecule has 0 spiro atoms. The Morgan fingerprint density at radius 3 is 2.55 bits per heavy atom. The number of hydrogen-bond acceptors (Lipinski definition) is 6. The van der Waals surface area contributed by atoms with Gasteiger partial charge in [-0.1, -0.05) is 11.6 Å². The highest BCUT2D eigenvalue weighted by Crippen LogP contribution is 1.97. The number of urea groups is 1. The van der Waals surface area contributed by atoms with E-state index in [-0.39, 0.29) is 5.91 Å². The molecule has 20 heavy (non-hydrogen) atoms. The van der Waals surface area contributed by atoms with Crippen LogP contribution >= 0.6 is 0 Å². The molecule has 0 radical (unpaired) electrons. The summed E-state index contributed by atoms with van der Waals surface area (Å²) >= 11 is 0. The van der Waals surface area contributed by atoms with Gasteiger partial charge in [0.15, 0.2) is 0 Å². The summed E-state index contributed by atoms with van der Waals surface area (Å²) in [7, 11) is 1.18. The third-order valence-electron chi connectivity index (χ3n) is 2.12. The highest BCUT2D eigenvalue weighted by molar-refractivity contribution is 6.46. The van der Waals surface area contributed by atoms with E-state index in [1.54, 1.807) is 0 Å². The fraction of sp³-hybridized carbons (Fsp3) is 0.545. The molecule has 0 rings (SSSR count). The van der Waals surface area contributed by atoms with Gasteiger partial charge in [0.1, 0.15) is 13.2 Å². The molecule has 0 saturated heterocycles. The molecule has 4 N–H and O–H groups in total. The molecule has 9 heteroatoms. The number of carbonyl (C=O) groups is 3. The molecule has 0 aliphatic heterocycles. The molecule has 0 aromatic rings. The number of rotatable bonds is 8. The van der Waals surface area contributed by atoms with Crippen molar-refractivity contribution in [3.05, 3.63) is 0 Å². The van der Waals surface area contributed by atoms with E-state index in [1.165, 1.54) is 13.2 Å². The number of hydrogen-bond donors (Lipinski definition) is 3. The average Bonchev–Trinajstić information content (AvgIpc) is 2.39. The summed E-state index contributed by atoms with van der Waals surface area (Å²) in [5, 5.41) is 16.1. The van der Waals surface area contributed by atoms with Crippen LogP contribution in [0.15, 0.2) is 5.16 Å². The Morgan fingerprint density at radius 2 is 2.00 bits per heavy atom. The SMILES string of the molecule is CON=C(C#N)C(=O)NC(=O)NCCCCCC(N)=O. The monoisotopic (exact) mass is 283 g/mol. The molecule has 0 bridgehead atoms. The van der Waals surface area contributed by atoms with E-state index in [0.717, 1.165) is 6.42 Å². The number of carbonyl (C=O) groups excluding carboxylic acids is 3. The normalized spacial score (nSPS) is 10.3. The van der Waals surface area contributed by atoms with E-state index >= 15 is 0 Å². The number of unbranched alkanes of at least 4 members (excludes halogenated alkanes) is 2. The summed E-state index contributed by atoms with van der Waals surface area (Å²) < 4.78 is 0. The first-order valence-electron chi connectivity index (χ1n) is 5.90. The van der Waals surface area contributed by atoms with Gasteiger partial charge < -0.3 is 15.9 Å². The zero-order valence-corrected chi connectivity index (χ0v) is 11.1. The maximum atomic E-state index is 11.3. The van der Waals surface area contributed by atoms with Crippen molar-refractivity contribution in [2.24, 2.45) is 10.9 Å². The average molecular weight is 283 g/mol. The number of primary amides is 1. The Bertz CT molecular complexity index is 427. The van der Waals surface area contributed by atoms with Crippen LogP contribution in [0.1, 0.15) is 25.7 Å². The van der Waals surface area contributed by atoms with E-state index in [2.05, 4.69) is 15.3 Å². The largest absolute Gasteiger partial charge is 0.398 e. The summed E-state index contributed by atoms with van der Waals surface area (Å²) in [5.74, 6) is -1.30. The number of imide groups is 1. The van der Waals surface area contributed by atoms with Gasteiger partial charge in [0.25, 0.3) is 5.91 Å². The Morgan fingerprint density at radius 1 is 1.30 bits per heavy atom. The summed E-state index contributed by atoms with van der Waals surface area (Å²) in [6.07, 6.45) is 2.33. The zero-order valence-electron chi connectivity index (χ0n) is 11.1. The molecule has 0 aliphatic rings.